The Morgan fingerprint density at radius 2 is 1.91 bits per heavy atom. The Kier molecular flexibility index (Phi) is 9.32. The molecule has 0 bridgehead atoms. The molecule has 136 valence electrons. The van der Waals surface area contributed by atoms with Crippen LogP contribution in [-0.2, 0) is 4.74 Å². The predicted octanol–water partition coefficient (Wildman–Crippen LogP) is 2.04. The smallest absolute Gasteiger partial charge is 0.191 e. The van der Waals surface area contributed by atoms with E-state index in [2.05, 4.69) is 56.4 Å². The minimum absolute atomic E-state index is 0.171. The average Bonchev–Trinajstić information content (AvgIpc) is 2.53. The maximum Gasteiger partial charge on any atom is 0.191 e. The van der Waals surface area contributed by atoms with Gasteiger partial charge in [0.2, 0.25) is 0 Å². The molecule has 1 atom stereocenters. The fourth-order valence-electron chi connectivity index (χ4n) is 2.57. The standard InChI is InChI=1S/C17H36N4OS/c1-7-18-16(20-13-17(4,5)23-6)19-12-15(14(2)3)21-8-10-22-11-9-21/h14-15H,7-13H2,1-6H3,(H2,18,19,20). The molecule has 23 heavy (non-hydrogen) atoms. The SMILES string of the molecule is CCNC(=NCC(C)(C)SC)NCC(C(C)C)N1CCOCC1. The second-order valence-electron chi connectivity index (χ2n) is 7.00. The summed E-state index contributed by atoms with van der Waals surface area (Å²) in [5.41, 5.74) is 0. The average molecular weight is 345 g/mol. The van der Waals surface area contributed by atoms with Gasteiger partial charge in [-0.2, -0.15) is 11.8 Å². The molecule has 1 aliphatic rings. The van der Waals surface area contributed by atoms with Crippen LogP contribution >= 0.6 is 11.8 Å². The molecule has 1 heterocycles. The van der Waals surface area contributed by atoms with E-state index in [1.54, 1.807) is 0 Å². The van der Waals surface area contributed by atoms with E-state index in [9.17, 15) is 0 Å². The summed E-state index contributed by atoms with van der Waals surface area (Å²) >= 11 is 1.85. The molecule has 0 aliphatic carbocycles. The van der Waals surface area contributed by atoms with E-state index in [1.165, 1.54) is 0 Å². The minimum atomic E-state index is 0.171. The first-order chi connectivity index (χ1) is 10.9. The lowest BCUT2D eigenvalue weighted by Crippen LogP contribution is -2.52. The number of thioether (sulfide) groups is 1. The third-order valence-corrected chi connectivity index (χ3v) is 5.51. The number of aliphatic imine (C=N–C) groups is 1. The molecule has 0 aromatic rings. The summed E-state index contributed by atoms with van der Waals surface area (Å²) in [4.78, 5) is 7.30. The summed E-state index contributed by atoms with van der Waals surface area (Å²) in [6.45, 7) is 17.5. The lowest BCUT2D eigenvalue weighted by molar-refractivity contribution is 0.00752. The maximum absolute atomic E-state index is 5.48. The highest BCUT2D eigenvalue weighted by Gasteiger charge is 2.24. The van der Waals surface area contributed by atoms with Crippen molar-refractivity contribution in [2.75, 3.05) is 52.2 Å². The predicted molar refractivity (Wildman–Crippen MR) is 103 cm³/mol. The third kappa shape index (κ3) is 7.77. The molecule has 0 aromatic carbocycles. The van der Waals surface area contributed by atoms with Crippen molar-refractivity contribution in [2.24, 2.45) is 10.9 Å². The monoisotopic (exact) mass is 344 g/mol. The van der Waals surface area contributed by atoms with E-state index in [4.69, 9.17) is 9.73 Å². The normalized spacial score (nSPS) is 19.0. The lowest BCUT2D eigenvalue weighted by atomic mass is 10.0. The molecule has 1 saturated heterocycles. The molecule has 1 aliphatic heterocycles. The number of rotatable bonds is 8. The zero-order valence-electron chi connectivity index (χ0n) is 15.8. The highest BCUT2D eigenvalue weighted by Crippen LogP contribution is 2.21. The highest BCUT2D eigenvalue weighted by molar-refractivity contribution is 7.99. The van der Waals surface area contributed by atoms with Crippen LogP contribution in [0.15, 0.2) is 4.99 Å². The van der Waals surface area contributed by atoms with Gasteiger partial charge in [-0.05, 0) is 32.9 Å². The first kappa shape index (κ1) is 20.6. The fourth-order valence-corrected chi connectivity index (χ4v) is 2.77. The number of guanidine groups is 1. The molecule has 2 N–H and O–H groups in total. The van der Waals surface area contributed by atoms with Gasteiger partial charge >= 0.3 is 0 Å². The second kappa shape index (κ2) is 10.4. The highest BCUT2D eigenvalue weighted by atomic mass is 32.2. The van der Waals surface area contributed by atoms with Crippen molar-refractivity contribution in [3.8, 4) is 0 Å². The zero-order valence-corrected chi connectivity index (χ0v) is 16.6. The fraction of sp³-hybridized carbons (Fsp3) is 0.941. The van der Waals surface area contributed by atoms with Crippen LogP contribution in [0.3, 0.4) is 0 Å². The Labute approximate surface area is 147 Å². The summed E-state index contributed by atoms with van der Waals surface area (Å²) in [5, 5.41) is 6.91. The van der Waals surface area contributed by atoms with Gasteiger partial charge < -0.3 is 15.4 Å². The van der Waals surface area contributed by atoms with E-state index in [-0.39, 0.29) is 4.75 Å². The van der Waals surface area contributed by atoms with Crippen molar-refractivity contribution in [1.29, 1.82) is 0 Å². The molecular formula is C17H36N4OS. The quantitative estimate of drug-likeness (QED) is 0.521. The maximum atomic E-state index is 5.48. The molecular weight excluding hydrogens is 308 g/mol. The molecule has 0 aromatic heterocycles. The van der Waals surface area contributed by atoms with Gasteiger partial charge in [-0.25, -0.2) is 0 Å². The molecule has 0 saturated carbocycles. The van der Waals surface area contributed by atoms with Gasteiger partial charge in [-0.15, -0.1) is 0 Å². The molecule has 0 radical (unpaired) electrons. The van der Waals surface area contributed by atoms with Crippen LogP contribution in [0, 0.1) is 5.92 Å². The zero-order chi connectivity index (χ0) is 17.3. The van der Waals surface area contributed by atoms with Gasteiger partial charge in [0.15, 0.2) is 5.96 Å². The van der Waals surface area contributed by atoms with Crippen LogP contribution in [0.2, 0.25) is 0 Å². The Balaban J connectivity index is 2.61. The Morgan fingerprint density at radius 1 is 1.26 bits per heavy atom. The number of hydrogen-bond acceptors (Lipinski definition) is 4. The number of morpholine rings is 1. The first-order valence-electron chi connectivity index (χ1n) is 8.78. The van der Waals surface area contributed by atoms with Crippen LogP contribution in [-0.4, -0.2) is 73.8 Å². The van der Waals surface area contributed by atoms with E-state index in [0.717, 1.165) is 51.9 Å². The Hall–Kier alpha value is -0.460. The van der Waals surface area contributed by atoms with E-state index < -0.39 is 0 Å². The van der Waals surface area contributed by atoms with E-state index >= 15 is 0 Å². The number of nitrogens with zero attached hydrogens (tertiary/aromatic N) is 2. The van der Waals surface area contributed by atoms with Gasteiger partial charge in [0.05, 0.1) is 19.8 Å². The lowest BCUT2D eigenvalue weighted by Gasteiger charge is -2.37. The Morgan fingerprint density at radius 3 is 2.43 bits per heavy atom. The van der Waals surface area contributed by atoms with Crippen molar-refractivity contribution < 1.29 is 4.74 Å². The number of ether oxygens (including phenoxy) is 1. The summed E-state index contributed by atoms with van der Waals surface area (Å²) in [6, 6.07) is 0.510. The minimum Gasteiger partial charge on any atom is -0.379 e. The molecule has 1 fully saturated rings. The van der Waals surface area contributed by atoms with Gasteiger partial charge in [0, 0.05) is 37.0 Å². The number of nitrogens with one attached hydrogen (secondary N) is 2. The van der Waals surface area contributed by atoms with Gasteiger partial charge in [-0.3, -0.25) is 9.89 Å². The summed E-state index contributed by atoms with van der Waals surface area (Å²) < 4.78 is 5.65. The first-order valence-corrected chi connectivity index (χ1v) is 10.0. The molecule has 1 rings (SSSR count). The molecule has 0 spiro atoms. The van der Waals surface area contributed by atoms with Crippen molar-refractivity contribution in [2.45, 2.75) is 45.4 Å². The summed E-state index contributed by atoms with van der Waals surface area (Å²) in [5.74, 6) is 1.53. The van der Waals surface area contributed by atoms with Crippen molar-refractivity contribution in [1.82, 2.24) is 15.5 Å². The summed E-state index contributed by atoms with van der Waals surface area (Å²) in [6.07, 6.45) is 2.14. The van der Waals surface area contributed by atoms with Crippen molar-refractivity contribution >= 4 is 17.7 Å². The van der Waals surface area contributed by atoms with Gasteiger partial charge in [0.25, 0.3) is 0 Å². The van der Waals surface area contributed by atoms with Crippen LogP contribution < -0.4 is 10.6 Å². The molecule has 0 amide bonds. The molecule has 1 unspecified atom stereocenters. The van der Waals surface area contributed by atoms with Crippen LogP contribution in [0.4, 0.5) is 0 Å². The van der Waals surface area contributed by atoms with Gasteiger partial charge in [-0.1, -0.05) is 13.8 Å². The number of hydrogen-bond donors (Lipinski definition) is 2. The van der Waals surface area contributed by atoms with E-state index in [0.29, 0.717) is 12.0 Å². The topological polar surface area (TPSA) is 48.9 Å². The Bertz CT molecular complexity index is 355. The summed E-state index contributed by atoms with van der Waals surface area (Å²) in [7, 11) is 0. The van der Waals surface area contributed by atoms with Crippen LogP contribution in [0.25, 0.3) is 0 Å². The molecule has 5 nitrogen and oxygen atoms in total. The third-order valence-electron chi connectivity index (χ3n) is 4.28. The van der Waals surface area contributed by atoms with E-state index in [1.807, 2.05) is 11.8 Å². The van der Waals surface area contributed by atoms with Crippen LogP contribution in [0.1, 0.15) is 34.6 Å². The van der Waals surface area contributed by atoms with Crippen LogP contribution in [0.5, 0.6) is 0 Å². The largest absolute Gasteiger partial charge is 0.379 e. The van der Waals surface area contributed by atoms with Gasteiger partial charge in [0.1, 0.15) is 0 Å². The van der Waals surface area contributed by atoms with Crippen molar-refractivity contribution in [3.05, 3.63) is 0 Å². The second-order valence-corrected chi connectivity index (χ2v) is 8.51. The molecule has 6 heteroatoms. The van der Waals surface area contributed by atoms with Crippen molar-refractivity contribution in [3.63, 3.8) is 0 Å².